The Balaban J connectivity index is 2.75. The number of alkyl halides is 1. The van der Waals surface area contributed by atoms with Gasteiger partial charge in [0.1, 0.15) is 4.61 Å². The zero-order chi connectivity index (χ0) is 8.97. The lowest BCUT2D eigenvalue weighted by atomic mass is 10.2. The molecule has 0 fully saturated rings. The van der Waals surface area contributed by atoms with Crippen LogP contribution in [0, 0.1) is 6.92 Å². The van der Waals surface area contributed by atoms with Gasteiger partial charge < -0.3 is 4.74 Å². The monoisotopic (exact) mass is 276 g/mol. The number of carbonyl (C=O) groups excluding carboxylic acids is 1. The first kappa shape index (κ1) is 9.51. The van der Waals surface area contributed by atoms with E-state index in [9.17, 15) is 4.79 Å². The molecule has 64 valence electrons. The zero-order valence-corrected chi connectivity index (χ0v) is 8.87. The third-order valence-corrected chi connectivity index (χ3v) is 1.78. The fourth-order valence-corrected chi connectivity index (χ4v) is 1.11. The quantitative estimate of drug-likeness (QED) is 0.471. The number of esters is 1. The number of rotatable bonds is 2. The molecule has 12 heavy (non-hydrogen) atoms. The first-order chi connectivity index (χ1) is 5.74. The Morgan fingerprint density at radius 2 is 2.00 bits per heavy atom. The highest BCUT2D eigenvalue weighted by atomic mass is 127. The van der Waals surface area contributed by atoms with E-state index in [4.69, 9.17) is 4.74 Å². The molecule has 1 rings (SSSR count). The number of ether oxygens (including phenoxy) is 1. The van der Waals surface area contributed by atoms with Gasteiger partial charge in [0.05, 0.1) is 5.56 Å². The van der Waals surface area contributed by atoms with Crippen LogP contribution in [0.1, 0.15) is 15.9 Å². The van der Waals surface area contributed by atoms with Gasteiger partial charge in [0, 0.05) is 0 Å². The maximum atomic E-state index is 11.1. The van der Waals surface area contributed by atoms with Crippen molar-refractivity contribution in [3.05, 3.63) is 35.4 Å². The molecule has 0 saturated carbocycles. The minimum atomic E-state index is -0.260. The third kappa shape index (κ3) is 2.48. The first-order valence-corrected chi connectivity index (χ1v) is 5.06. The van der Waals surface area contributed by atoms with Crippen LogP contribution in [-0.4, -0.2) is 10.6 Å². The Labute approximate surface area is 85.1 Å². The topological polar surface area (TPSA) is 26.3 Å². The molecule has 1 aromatic rings. The first-order valence-electron chi connectivity index (χ1n) is 3.54. The molecule has 0 radical (unpaired) electrons. The molecular formula is C9H9IO2. The molecule has 0 aromatic heterocycles. The van der Waals surface area contributed by atoms with E-state index in [0.717, 1.165) is 5.56 Å². The van der Waals surface area contributed by atoms with Crippen molar-refractivity contribution in [2.24, 2.45) is 0 Å². The van der Waals surface area contributed by atoms with Gasteiger partial charge >= 0.3 is 5.97 Å². The van der Waals surface area contributed by atoms with Crippen LogP contribution in [0.25, 0.3) is 0 Å². The zero-order valence-electron chi connectivity index (χ0n) is 6.71. The van der Waals surface area contributed by atoms with Gasteiger partial charge in [-0.2, -0.15) is 0 Å². The summed E-state index contributed by atoms with van der Waals surface area (Å²) in [4.78, 5) is 11.1. The van der Waals surface area contributed by atoms with Gasteiger partial charge in [0.15, 0.2) is 0 Å². The predicted molar refractivity (Wildman–Crippen MR) is 55.5 cm³/mol. The maximum absolute atomic E-state index is 11.1. The number of hydrogen-bond acceptors (Lipinski definition) is 2. The highest BCUT2D eigenvalue weighted by Crippen LogP contribution is 2.05. The lowest BCUT2D eigenvalue weighted by Gasteiger charge is -2.00. The lowest BCUT2D eigenvalue weighted by Crippen LogP contribution is -2.02. The van der Waals surface area contributed by atoms with Crippen LogP contribution >= 0.6 is 22.6 Å². The van der Waals surface area contributed by atoms with Crippen LogP contribution in [0.15, 0.2) is 24.3 Å². The van der Waals surface area contributed by atoms with Gasteiger partial charge in [-0.05, 0) is 41.6 Å². The second-order valence-corrected chi connectivity index (χ2v) is 3.03. The largest absolute Gasteiger partial charge is 0.451 e. The van der Waals surface area contributed by atoms with Gasteiger partial charge in [-0.15, -0.1) is 0 Å². The Morgan fingerprint density at radius 1 is 1.42 bits per heavy atom. The smallest absolute Gasteiger partial charge is 0.338 e. The molecule has 0 atom stereocenters. The van der Waals surface area contributed by atoms with Crippen LogP contribution in [-0.2, 0) is 4.74 Å². The summed E-state index contributed by atoms with van der Waals surface area (Å²) in [5, 5.41) is 0. The van der Waals surface area contributed by atoms with Gasteiger partial charge in [-0.25, -0.2) is 4.79 Å². The van der Waals surface area contributed by atoms with Crippen molar-refractivity contribution in [3.63, 3.8) is 0 Å². The normalized spacial score (nSPS) is 9.50. The summed E-state index contributed by atoms with van der Waals surface area (Å²) in [6.07, 6.45) is 0. The third-order valence-electron chi connectivity index (χ3n) is 1.47. The number of halogens is 1. The fraction of sp³-hybridized carbons (Fsp3) is 0.222. The number of aryl methyl sites for hydroxylation is 1. The summed E-state index contributed by atoms with van der Waals surface area (Å²) in [6.45, 7) is 1.98. The summed E-state index contributed by atoms with van der Waals surface area (Å²) in [5.41, 5.74) is 1.75. The molecule has 0 heterocycles. The van der Waals surface area contributed by atoms with Crippen molar-refractivity contribution in [1.29, 1.82) is 0 Å². The highest BCUT2D eigenvalue weighted by Gasteiger charge is 2.03. The van der Waals surface area contributed by atoms with Crippen molar-refractivity contribution in [2.45, 2.75) is 6.92 Å². The molecule has 1 aromatic carbocycles. The second-order valence-electron chi connectivity index (χ2n) is 2.41. The van der Waals surface area contributed by atoms with Crippen molar-refractivity contribution >= 4 is 28.6 Å². The van der Waals surface area contributed by atoms with E-state index in [2.05, 4.69) is 0 Å². The second kappa shape index (κ2) is 4.45. The molecule has 0 aliphatic rings. The molecule has 0 spiro atoms. The van der Waals surface area contributed by atoms with Crippen LogP contribution in [0.3, 0.4) is 0 Å². The van der Waals surface area contributed by atoms with Crippen molar-refractivity contribution in [2.75, 3.05) is 4.61 Å². The van der Waals surface area contributed by atoms with Crippen molar-refractivity contribution in [1.82, 2.24) is 0 Å². The molecule has 0 bridgehead atoms. The molecule has 0 unspecified atom stereocenters. The SMILES string of the molecule is Cc1ccc(C(=O)OCI)cc1. The Hall–Kier alpha value is -0.580. The molecular weight excluding hydrogens is 267 g/mol. The van der Waals surface area contributed by atoms with E-state index in [0.29, 0.717) is 10.2 Å². The molecule has 2 nitrogen and oxygen atoms in total. The van der Waals surface area contributed by atoms with E-state index < -0.39 is 0 Å². The Morgan fingerprint density at radius 3 is 2.50 bits per heavy atom. The number of benzene rings is 1. The summed E-state index contributed by atoms with van der Waals surface area (Å²) in [7, 11) is 0. The van der Waals surface area contributed by atoms with E-state index >= 15 is 0 Å². The summed E-state index contributed by atoms with van der Waals surface area (Å²) < 4.78 is 5.21. The maximum Gasteiger partial charge on any atom is 0.338 e. The number of hydrogen-bond donors (Lipinski definition) is 0. The van der Waals surface area contributed by atoms with Crippen LogP contribution < -0.4 is 0 Å². The van der Waals surface area contributed by atoms with E-state index in [1.165, 1.54) is 0 Å². The minimum Gasteiger partial charge on any atom is -0.451 e. The van der Waals surface area contributed by atoms with Gasteiger partial charge in [-0.1, -0.05) is 17.7 Å². The lowest BCUT2D eigenvalue weighted by molar-refractivity contribution is 0.0590. The van der Waals surface area contributed by atoms with Crippen LogP contribution in [0.2, 0.25) is 0 Å². The fourth-order valence-electron chi connectivity index (χ4n) is 0.823. The van der Waals surface area contributed by atoms with Gasteiger partial charge in [0.2, 0.25) is 0 Å². The van der Waals surface area contributed by atoms with Crippen LogP contribution in [0.4, 0.5) is 0 Å². The molecule has 3 heteroatoms. The van der Waals surface area contributed by atoms with Gasteiger partial charge in [-0.3, -0.25) is 0 Å². The number of carbonyl (C=O) groups is 1. The molecule has 0 saturated heterocycles. The Kier molecular flexibility index (Phi) is 3.52. The molecule has 0 aliphatic heterocycles. The van der Waals surface area contributed by atoms with Gasteiger partial charge in [0.25, 0.3) is 0 Å². The van der Waals surface area contributed by atoms with Crippen molar-refractivity contribution in [3.8, 4) is 0 Å². The molecule has 0 N–H and O–H groups in total. The average Bonchev–Trinajstić information content (AvgIpc) is 2.06. The molecule has 0 amide bonds. The van der Waals surface area contributed by atoms with E-state index in [1.54, 1.807) is 12.1 Å². The standard InChI is InChI=1S/C9H9IO2/c1-7-2-4-8(5-3-7)9(11)12-6-10/h2-5H,6H2,1H3. The summed E-state index contributed by atoms with van der Waals surface area (Å²) >= 11 is 1.99. The van der Waals surface area contributed by atoms with Crippen LogP contribution in [0.5, 0.6) is 0 Å². The minimum absolute atomic E-state index is 0.260. The van der Waals surface area contributed by atoms with E-state index in [-0.39, 0.29) is 5.97 Å². The Bertz CT molecular complexity index is 266. The average molecular weight is 276 g/mol. The van der Waals surface area contributed by atoms with Crippen molar-refractivity contribution < 1.29 is 9.53 Å². The molecule has 0 aliphatic carbocycles. The predicted octanol–water partition coefficient (Wildman–Crippen LogP) is 2.54. The van der Waals surface area contributed by atoms with E-state index in [1.807, 2.05) is 41.6 Å². The summed E-state index contributed by atoms with van der Waals surface area (Å²) in [6, 6.07) is 7.32. The highest BCUT2D eigenvalue weighted by molar-refractivity contribution is 14.1. The summed E-state index contributed by atoms with van der Waals surface area (Å²) in [5.74, 6) is -0.260.